The largest absolute Gasteiger partial charge is 0.343 e. The van der Waals surface area contributed by atoms with Gasteiger partial charge in [0, 0.05) is 30.6 Å². The molecule has 9 heteroatoms. The van der Waals surface area contributed by atoms with Crippen LogP contribution in [0.4, 0.5) is 0 Å². The van der Waals surface area contributed by atoms with Crippen LogP contribution in [-0.2, 0) is 4.79 Å². The smallest absolute Gasteiger partial charge is 0.258 e. The van der Waals surface area contributed by atoms with E-state index in [2.05, 4.69) is 20.5 Å². The third-order valence-electron chi connectivity index (χ3n) is 4.54. The van der Waals surface area contributed by atoms with Gasteiger partial charge in [0.2, 0.25) is 11.7 Å². The second kappa shape index (κ2) is 6.87. The topological polar surface area (TPSA) is 89.9 Å². The van der Waals surface area contributed by atoms with Crippen LogP contribution < -0.4 is 0 Å². The van der Waals surface area contributed by atoms with Crippen molar-refractivity contribution in [1.29, 1.82) is 0 Å². The molecular weight excluding hydrogens is 356 g/mol. The molecule has 1 amide bonds. The molecule has 0 radical (unpaired) electrons. The molecule has 8 nitrogen and oxygen atoms in total. The molecule has 0 bridgehead atoms. The first-order chi connectivity index (χ1) is 12.6. The molecule has 1 aliphatic heterocycles. The van der Waals surface area contributed by atoms with E-state index in [1.165, 1.54) is 0 Å². The average Bonchev–Trinajstić information content (AvgIpc) is 3.32. The summed E-state index contributed by atoms with van der Waals surface area (Å²) < 4.78 is 7.14. The van der Waals surface area contributed by atoms with Crippen molar-refractivity contribution in [1.82, 2.24) is 30.0 Å². The van der Waals surface area contributed by atoms with E-state index < -0.39 is 0 Å². The van der Waals surface area contributed by atoms with E-state index in [1.807, 2.05) is 27.9 Å². The van der Waals surface area contributed by atoms with Gasteiger partial charge in [-0.15, -0.1) is 5.10 Å². The highest BCUT2D eigenvalue weighted by atomic mass is 35.5. The summed E-state index contributed by atoms with van der Waals surface area (Å²) in [5.41, 5.74) is 1.35. The number of carbonyl (C=O) groups excluding carboxylic acids is 1. The van der Waals surface area contributed by atoms with E-state index in [4.69, 9.17) is 16.1 Å². The summed E-state index contributed by atoms with van der Waals surface area (Å²) in [7, 11) is 0. The van der Waals surface area contributed by atoms with Gasteiger partial charge in [0.25, 0.3) is 5.89 Å². The van der Waals surface area contributed by atoms with E-state index in [9.17, 15) is 4.79 Å². The molecule has 1 aromatic carbocycles. The summed E-state index contributed by atoms with van der Waals surface area (Å²) in [6.07, 6.45) is 3.53. The van der Waals surface area contributed by atoms with Crippen molar-refractivity contribution in [2.45, 2.75) is 25.8 Å². The highest BCUT2D eigenvalue weighted by Gasteiger charge is 2.23. The molecule has 0 N–H and O–H groups in total. The Morgan fingerprint density at radius 1 is 1.23 bits per heavy atom. The number of hydrogen-bond donors (Lipinski definition) is 0. The lowest BCUT2D eigenvalue weighted by molar-refractivity contribution is -0.130. The molecule has 4 rings (SSSR count). The van der Waals surface area contributed by atoms with Crippen molar-refractivity contribution in [3.8, 4) is 23.0 Å². The SMILES string of the molecule is CC(=O)N1CCC(n2cc(-c3noc(-c4ccc(Cl)cc4)n3)nn2)CC1. The Hall–Kier alpha value is -2.74. The summed E-state index contributed by atoms with van der Waals surface area (Å²) in [4.78, 5) is 17.7. The number of amides is 1. The Labute approximate surface area is 154 Å². The van der Waals surface area contributed by atoms with Crippen LogP contribution in [0.25, 0.3) is 23.0 Å². The van der Waals surface area contributed by atoms with Gasteiger partial charge in [-0.2, -0.15) is 4.98 Å². The Kier molecular flexibility index (Phi) is 4.42. The van der Waals surface area contributed by atoms with E-state index in [0.717, 1.165) is 31.5 Å². The molecule has 0 saturated carbocycles. The maximum absolute atomic E-state index is 11.4. The number of rotatable bonds is 3. The second-order valence-electron chi connectivity index (χ2n) is 6.25. The molecule has 0 atom stereocenters. The highest BCUT2D eigenvalue weighted by molar-refractivity contribution is 6.30. The highest BCUT2D eigenvalue weighted by Crippen LogP contribution is 2.25. The van der Waals surface area contributed by atoms with Crippen molar-refractivity contribution in [3.05, 3.63) is 35.5 Å². The predicted octanol–water partition coefficient (Wildman–Crippen LogP) is 2.83. The van der Waals surface area contributed by atoms with Crippen LogP contribution in [0.1, 0.15) is 25.8 Å². The van der Waals surface area contributed by atoms with Crippen LogP contribution in [0.3, 0.4) is 0 Å². The lowest BCUT2D eigenvalue weighted by atomic mass is 10.1. The number of carbonyl (C=O) groups is 1. The van der Waals surface area contributed by atoms with Gasteiger partial charge in [-0.1, -0.05) is 22.0 Å². The van der Waals surface area contributed by atoms with Gasteiger partial charge in [-0.25, -0.2) is 4.68 Å². The molecule has 3 aromatic rings. The van der Waals surface area contributed by atoms with Crippen LogP contribution in [0.2, 0.25) is 5.02 Å². The molecule has 3 heterocycles. The van der Waals surface area contributed by atoms with E-state index in [0.29, 0.717) is 22.4 Å². The van der Waals surface area contributed by atoms with Gasteiger partial charge >= 0.3 is 0 Å². The monoisotopic (exact) mass is 372 g/mol. The minimum atomic E-state index is 0.115. The van der Waals surface area contributed by atoms with Gasteiger partial charge in [0.15, 0.2) is 5.69 Å². The summed E-state index contributed by atoms with van der Waals surface area (Å²) >= 11 is 5.89. The summed E-state index contributed by atoms with van der Waals surface area (Å²) in [5, 5.41) is 13.0. The van der Waals surface area contributed by atoms with E-state index >= 15 is 0 Å². The first-order valence-electron chi connectivity index (χ1n) is 8.37. The van der Waals surface area contributed by atoms with Gasteiger partial charge in [0.05, 0.1) is 12.2 Å². The first kappa shape index (κ1) is 16.7. The van der Waals surface area contributed by atoms with Crippen LogP contribution >= 0.6 is 11.6 Å². The Bertz CT molecular complexity index is 911. The predicted molar refractivity (Wildman–Crippen MR) is 94.3 cm³/mol. The number of nitrogens with zero attached hydrogens (tertiary/aromatic N) is 6. The van der Waals surface area contributed by atoms with Gasteiger partial charge in [-0.3, -0.25) is 4.79 Å². The van der Waals surface area contributed by atoms with Crippen LogP contribution in [0, 0.1) is 0 Å². The zero-order chi connectivity index (χ0) is 18.1. The molecule has 0 unspecified atom stereocenters. The van der Waals surface area contributed by atoms with Crippen molar-refractivity contribution < 1.29 is 9.32 Å². The number of halogens is 1. The molecule has 26 heavy (non-hydrogen) atoms. The number of benzene rings is 1. The second-order valence-corrected chi connectivity index (χ2v) is 6.69. The molecule has 1 fully saturated rings. The van der Waals surface area contributed by atoms with E-state index in [-0.39, 0.29) is 11.9 Å². The van der Waals surface area contributed by atoms with Gasteiger partial charge in [-0.05, 0) is 37.1 Å². The van der Waals surface area contributed by atoms with Gasteiger partial charge in [0.1, 0.15) is 0 Å². The van der Waals surface area contributed by atoms with Crippen LogP contribution in [-0.4, -0.2) is 49.0 Å². The fourth-order valence-electron chi connectivity index (χ4n) is 3.04. The normalized spacial score (nSPS) is 15.4. The fraction of sp³-hybridized carbons (Fsp3) is 0.353. The Balaban J connectivity index is 1.48. The zero-order valence-electron chi connectivity index (χ0n) is 14.2. The average molecular weight is 373 g/mol. The Morgan fingerprint density at radius 2 is 1.96 bits per heavy atom. The molecule has 2 aromatic heterocycles. The minimum Gasteiger partial charge on any atom is -0.343 e. The van der Waals surface area contributed by atoms with Crippen molar-refractivity contribution in [2.75, 3.05) is 13.1 Å². The quantitative estimate of drug-likeness (QED) is 0.702. The molecule has 0 aliphatic carbocycles. The summed E-state index contributed by atoms with van der Waals surface area (Å²) in [6, 6.07) is 7.39. The molecule has 1 aliphatic rings. The Morgan fingerprint density at radius 3 is 2.65 bits per heavy atom. The molecule has 0 spiro atoms. The van der Waals surface area contributed by atoms with Crippen molar-refractivity contribution in [3.63, 3.8) is 0 Å². The van der Waals surface area contributed by atoms with Crippen molar-refractivity contribution in [2.24, 2.45) is 0 Å². The number of piperidine rings is 1. The lowest BCUT2D eigenvalue weighted by Crippen LogP contribution is -2.37. The molecule has 1 saturated heterocycles. The summed E-state index contributed by atoms with van der Waals surface area (Å²) in [5.74, 6) is 0.910. The van der Waals surface area contributed by atoms with Crippen LogP contribution in [0.15, 0.2) is 35.0 Å². The third-order valence-corrected chi connectivity index (χ3v) is 4.79. The zero-order valence-corrected chi connectivity index (χ0v) is 14.9. The number of hydrogen-bond acceptors (Lipinski definition) is 6. The maximum atomic E-state index is 11.4. The standard InChI is InChI=1S/C17H17ClN6O2/c1-11(25)23-8-6-14(7-9-23)24-10-15(20-22-24)16-19-17(26-21-16)12-2-4-13(18)5-3-12/h2-5,10,14H,6-9H2,1H3. The first-order valence-corrected chi connectivity index (χ1v) is 8.75. The number of likely N-dealkylation sites (tertiary alicyclic amines) is 1. The van der Waals surface area contributed by atoms with Crippen LogP contribution in [0.5, 0.6) is 0 Å². The number of aromatic nitrogens is 5. The molecular formula is C17H17ClN6O2. The summed E-state index contributed by atoms with van der Waals surface area (Å²) in [6.45, 7) is 3.07. The van der Waals surface area contributed by atoms with Gasteiger partial charge < -0.3 is 9.42 Å². The lowest BCUT2D eigenvalue weighted by Gasteiger charge is -2.30. The molecule has 134 valence electrons. The minimum absolute atomic E-state index is 0.115. The maximum Gasteiger partial charge on any atom is 0.258 e. The van der Waals surface area contributed by atoms with Crippen molar-refractivity contribution >= 4 is 17.5 Å². The fourth-order valence-corrected chi connectivity index (χ4v) is 3.17. The third kappa shape index (κ3) is 3.32. The van der Waals surface area contributed by atoms with E-state index in [1.54, 1.807) is 19.1 Å².